The summed E-state index contributed by atoms with van der Waals surface area (Å²) in [6.07, 6.45) is 0. The fraction of sp³-hybridized carbons (Fsp3) is 0.364. The molecular weight excluding hydrogens is 160 g/mol. The van der Waals surface area contributed by atoms with Gasteiger partial charge in [-0.05, 0) is 18.1 Å². The Morgan fingerprint density at radius 1 is 1.38 bits per heavy atom. The van der Waals surface area contributed by atoms with Crippen molar-refractivity contribution in [3.63, 3.8) is 0 Å². The molecule has 0 aromatic heterocycles. The Bertz CT molecular complexity index is 310. The molecule has 68 valence electrons. The first-order valence-electron chi connectivity index (χ1n) is 4.47. The largest absolute Gasteiger partial charge is 0.384 e. The van der Waals surface area contributed by atoms with Crippen LogP contribution in [0.4, 0.5) is 5.69 Å². The van der Waals surface area contributed by atoms with Gasteiger partial charge < -0.3 is 5.32 Å². The highest BCUT2D eigenvalue weighted by Gasteiger charge is 1.99. The maximum atomic E-state index is 8.79. The van der Waals surface area contributed by atoms with Gasteiger partial charge in [-0.2, -0.15) is 5.26 Å². The molecule has 0 fully saturated rings. The first-order valence-corrected chi connectivity index (χ1v) is 4.47. The van der Waals surface area contributed by atoms with E-state index in [0.717, 1.165) is 12.2 Å². The first-order chi connectivity index (χ1) is 6.24. The van der Waals surface area contributed by atoms with Crippen molar-refractivity contribution < 1.29 is 0 Å². The van der Waals surface area contributed by atoms with Crippen molar-refractivity contribution in [3.05, 3.63) is 29.8 Å². The van der Waals surface area contributed by atoms with Crippen molar-refractivity contribution in [2.45, 2.75) is 13.8 Å². The highest BCUT2D eigenvalue weighted by atomic mass is 14.9. The van der Waals surface area contributed by atoms with E-state index in [1.807, 2.05) is 24.3 Å². The summed E-state index contributed by atoms with van der Waals surface area (Å²) in [5.41, 5.74) is 1.64. The van der Waals surface area contributed by atoms with E-state index < -0.39 is 0 Å². The molecule has 0 aliphatic heterocycles. The van der Waals surface area contributed by atoms with Crippen LogP contribution in [0.15, 0.2) is 24.3 Å². The molecule has 1 aromatic carbocycles. The highest BCUT2D eigenvalue weighted by Crippen LogP contribution is 2.13. The third-order valence-electron chi connectivity index (χ3n) is 1.75. The summed E-state index contributed by atoms with van der Waals surface area (Å²) >= 11 is 0. The zero-order chi connectivity index (χ0) is 9.68. The van der Waals surface area contributed by atoms with E-state index in [2.05, 4.69) is 25.2 Å². The van der Waals surface area contributed by atoms with E-state index in [9.17, 15) is 0 Å². The molecule has 0 heterocycles. The number of nitriles is 1. The van der Waals surface area contributed by atoms with Crippen molar-refractivity contribution in [1.29, 1.82) is 5.26 Å². The van der Waals surface area contributed by atoms with E-state index in [1.54, 1.807) is 0 Å². The Kier molecular flexibility index (Phi) is 3.33. The van der Waals surface area contributed by atoms with Gasteiger partial charge in [0, 0.05) is 6.54 Å². The van der Waals surface area contributed by atoms with Gasteiger partial charge in [-0.3, -0.25) is 0 Å². The van der Waals surface area contributed by atoms with Crippen molar-refractivity contribution in [2.75, 3.05) is 11.9 Å². The second kappa shape index (κ2) is 4.51. The van der Waals surface area contributed by atoms with E-state index >= 15 is 0 Å². The Labute approximate surface area is 79.2 Å². The topological polar surface area (TPSA) is 35.8 Å². The lowest BCUT2D eigenvalue weighted by Crippen LogP contribution is -2.08. The van der Waals surface area contributed by atoms with Gasteiger partial charge >= 0.3 is 0 Å². The summed E-state index contributed by atoms with van der Waals surface area (Å²) in [6.45, 7) is 5.18. The second-order valence-corrected chi connectivity index (χ2v) is 3.43. The van der Waals surface area contributed by atoms with Crippen molar-refractivity contribution in [2.24, 2.45) is 5.92 Å². The number of para-hydroxylation sites is 1. The smallest absolute Gasteiger partial charge is 0.101 e. The van der Waals surface area contributed by atoms with Crippen LogP contribution < -0.4 is 5.32 Å². The molecule has 0 saturated heterocycles. The number of anilines is 1. The number of hydrogen-bond donors (Lipinski definition) is 1. The van der Waals surface area contributed by atoms with Crippen molar-refractivity contribution >= 4 is 5.69 Å². The van der Waals surface area contributed by atoms with Crippen molar-refractivity contribution in [3.8, 4) is 6.07 Å². The molecular formula is C11H14N2. The van der Waals surface area contributed by atoms with Crippen LogP contribution in [0.1, 0.15) is 19.4 Å². The van der Waals surface area contributed by atoms with Crippen LogP contribution in [-0.2, 0) is 0 Å². The summed E-state index contributed by atoms with van der Waals surface area (Å²) in [6, 6.07) is 9.72. The molecule has 0 bridgehead atoms. The minimum atomic E-state index is 0.590. The summed E-state index contributed by atoms with van der Waals surface area (Å²) in [7, 11) is 0. The van der Waals surface area contributed by atoms with Gasteiger partial charge in [-0.15, -0.1) is 0 Å². The van der Waals surface area contributed by atoms with Crippen LogP contribution >= 0.6 is 0 Å². The van der Waals surface area contributed by atoms with Crippen LogP contribution in [0, 0.1) is 17.2 Å². The zero-order valence-electron chi connectivity index (χ0n) is 8.04. The van der Waals surface area contributed by atoms with Gasteiger partial charge in [-0.1, -0.05) is 26.0 Å². The molecule has 0 aliphatic rings. The Morgan fingerprint density at radius 3 is 2.69 bits per heavy atom. The number of nitrogens with one attached hydrogen (secondary N) is 1. The second-order valence-electron chi connectivity index (χ2n) is 3.43. The minimum absolute atomic E-state index is 0.590. The van der Waals surface area contributed by atoms with Gasteiger partial charge in [-0.25, -0.2) is 0 Å². The number of rotatable bonds is 3. The maximum absolute atomic E-state index is 8.79. The Morgan fingerprint density at radius 2 is 2.08 bits per heavy atom. The Hall–Kier alpha value is -1.49. The first kappa shape index (κ1) is 9.60. The van der Waals surface area contributed by atoms with Crippen LogP contribution in [0.25, 0.3) is 0 Å². The quantitative estimate of drug-likeness (QED) is 0.764. The molecule has 0 saturated carbocycles. The Balaban J connectivity index is 2.71. The van der Waals surface area contributed by atoms with Gasteiger partial charge in [0.15, 0.2) is 0 Å². The SMILES string of the molecule is CC(C)CNc1ccccc1C#N. The normalized spacial score (nSPS) is 9.69. The monoisotopic (exact) mass is 174 g/mol. The van der Waals surface area contributed by atoms with Gasteiger partial charge in [0.25, 0.3) is 0 Å². The minimum Gasteiger partial charge on any atom is -0.384 e. The third-order valence-corrected chi connectivity index (χ3v) is 1.75. The average molecular weight is 174 g/mol. The molecule has 0 radical (unpaired) electrons. The molecule has 0 unspecified atom stereocenters. The molecule has 0 amide bonds. The number of nitrogens with zero attached hydrogens (tertiary/aromatic N) is 1. The van der Waals surface area contributed by atoms with Crippen LogP contribution in [-0.4, -0.2) is 6.54 Å². The van der Waals surface area contributed by atoms with Gasteiger partial charge in [0.05, 0.1) is 11.3 Å². The standard InChI is InChI=1S/C11H14N2/c1-9(2)8-13-11-6-4-3-5-10(11)7-12/h3-6,9,13H,8H2,1-2H3. The molecule has 2 nitrogen and oxygen atoms in total. The molecule has 2 heteroatoms. The van der Waals surface area contributed by atoms with Crippen LogP contribution in [0.5, 0.6) is 0 Å². The molecule has 0 atom stereocenters. The average Bonchev–Trinajstić information content (AvgIpc) is 2.15. The lowest BCUT2D eigenvalue weighted by molar-refractivity contribution is 0.689. The van der Waals surface area contributed by atoms with E-state index in [4.69, 9.17) is 5.26 Å². The van der Waals surface area contributed by atoms with E-state index in [-0.39, 0.29) is 0 Å². The fourth-order valence-electron chi connectivity index (χ4n) is 1.05. The maximum Gasteiger partial charge on any atom is 0.101 e. The summed E-state index contributed by atoms with van der Waals surface area (Å²) in [5.74, 6) is 0.590. The molecule has 1 rings (SSSR count). The molecule has 1 aromatic rings. The van der Waals surface area contributed by atoms with Crippen LogP contribution in [0.3, 0.4) is 0 Å². The lowest BCUT2D eigenvalue weighted by Gasteiger charge is -2.09. The van der Waals surface area contributed by atoms with E-state index in [0.29, 0.717) is 11.5 Å². The zero-order valence-corrected chi connectivity index (χ0v) is 8.04. The van der Waals surface area contributed by atoms with Crippen LogP contribution in [0.2, 0.25) is 0 Å². The number of benzene rings is 1. The summed E-state index contributed by atoms with van der Waals surface area (Å²) in [5, 5.41) is 12.0. The highest BCUT2D eigenvalue weighted by molar-refractivity contribution is 5.57. The predicted octanol–water partition coefficient (Wildman–Crippen LogP) is 2.63. The summed E-state index contributed by atoms with van der Waals surface area (Å²) in [4.78, 5) is 0. The van der Waals surface area contributed by atoms with E-state index in [1.165, 1.54) is 0 Å². The molecule has 1 N–H and O–H groups in total. The molecule has 13 heavy (non-hydrogen) atoms. The molecule has 0 spiro atoms. The van der Waals surface area contributed by atoms with Crippen molar-refractivity contribution in [1.82, 2.24) is 0 Å². The predicted molar refractivity (Wildman–Crippen MR) is 54.5 cm³/mol. The number of hydrogen-bond acceptors (Lipinski definition) is 2. The fourth-order valence-corrected chi connectivity index (χ4v) is 1.05. The van der Waals surface area contributed by atoms with Gasteiger partial charge in [0.1, 0.15) is 6.07 Å². The third kappa shape index (κ3) is 2.79. The molecule has 0 aliphatic carbocycles. The lowest BCUT2D eigenvalue weighted by atomic mass is 10.1. The summed E-state index contributed by atoms with van der Waals surface area (Å²) < 4.78 is 0. The van der Waals surface area contributed by atoms with Gasteiger partial charge in [0.2, 0.25) is 0 Å².